The van der Waals surface area contributed by atoms with E-state index in [1.165, 1.54) is 11.1 Å². The van der Waals surface area contributed by atoms with Crippen LogP contribution in [0.5, 0.6) is 0 Å². The van der Waals surface area contributed by atoms with Crippen LogP contribution in [0.1, 0.15) is 28.3 Å². The van der Waals surface area contributed by atoms with Gasteiger partial charge < -0.3 is 9.72 Å². The van der Waals surface area contributed by atoms with E-state index in [1.54, 1.807) is 0 Å². The summed E-state index contributed by atoms with van der Waals surface area (Å²) in [5.74, 6) is 0.737. The van der Waals surface area contributed by atoms with E-state index in [4.69, 9.17) is 4.74 Å². The van der Waals surface area contributed by atoms with E-state index in [9.17, 15) is 4.39 Å². The van der Waals surface area contributed by atoms with Crippen LogP contribution in [0.2, 0.25) is 0 Å². The highest BCUT2D eigenvalue weighted by Gasteiger charge is 2.33. The van der Waals surface area contributed by atoms with Gasteiger partial charge in [0.1, 0.15) is 24.7 Å². The number of imidazole rings is 1. The van der Waals surface area contributed by atoms with Gasteiger partial charge in [0.2, 0.25) is 0 Å². The molecular weight excluding hydrogens is 343 g/mol. The summed E-state index contributed by atoms with van der Waals surface area (Å²) < 4.78 is 20.3. The minimum absolute atomic E-state index is 0.286. The third-order valence-corrected chi connectivity index (χ3v) is 5.19. The van der Waals surface area contributed by atoms with Crippen molar-refractivity contribution in [2.45, 2.75) is 46.2 Å². The van der Waals surface area contributed by atoms with Crippen LogP contribution < -0.4 is 0 Å². The zero-order chi connectivity index (χ0) is 19.0. The number of halogens is 1. The highest BCUT2D eigenvalue weighted by atomic mass is 19.1. The summed E-state index contributed by atoms with van der Waals surface area (Å²) in [6.07, 6.45) is -1.44. The van der Waals surface area contributed by atoms with E-state index in [2.05, 4.69) is 45.8 Å². The number of likely N-dealkylation sites (tertiary alicyclic amines) is 1. The molecule has 1 fully saturated rings. The van der Waals surface area contributed by atoms with Gasteiger partial charge in [-0.25, -0.2) is 9.37 Å². The summed E-state index contributed by atoms with van der Waals surface area (Å²) >= 11 is 0. The zero-order valence-electron chi connectivity index (χ0n) is 16.0. The Morgan fingerprint density at radius 1 is 1.15 bits per heavy atom. The topological polar surface area (TPSA) is 54.0 Å². The quantitative estimate of drug-likeness (QED) is 0.747. The van der Waals surface area contributed by atoms with Crippen molar-refractivity contribution in [1.82, 2.24) is 19.9 Å². The number of fused-ring (bicyclic) bond motifs is 1. The Kier molecular flexibility index (Phi) is 4.93. The summed E-state index contributed by atoms with van der Waals surface area (Å²) in [6, 6.07) is 10.1. The number of rotatable bonds is 5. The normalized spacial score (nSPS) is 20.6. The third-order valence-electron chi connectivity index (χ3n) is 5.19. The van der Waals surface area contributed by atoms with Crippen LogP contribution in [-0.2, 0) is 17.9 Å². The minimum atomic E-state index is -0.997. The van der Waals surface area contributed by atoms with Gasteiger partial charge in [-0.3, -0.25) is 9.88 Å². The third kappa shape index (κ3) is 4.01. The summed E-state index contributed by atoms with van der Waals surface area (Å²) in [5.41, 5.74) is 6.29. The number of benzene rings is 1. The molecule has 0 saturated carbocycles. The molecule has 2 atom stereocenters. The van der Waals surface area contributed by atoms with Crippen LogP contribution in [0, 0.1) is 20.8 Å². The van der Waals surface area contributed by atoms with Crippen molar-refractivity contribution in [1.29, 1.82) is 0 Å². The maximum Gasteiger partial charge on any atom is 0.140 e. The molecule has 2 unspecified atom stereocenters. The van der Waals surface area contributed by atoms with Gasteiger partial charge in [0.15, 0.2) is 0 Å². The number of pyridine rings is 1. The van der Waals surface area contributed by atoms with Gasteiger partial charge in [-0.05, 0) is 56.2 Å². The van der Waals surface area contributed by atoms with Gasteiger partial charge >= 0.3 is 0 Å². The number of aromatic amines is 1. The Bertz CT molecular complexity index is 916. The van der Waals surface area contributed by atoms with Gasteiger partial charge in [0, 0.05) is 25.3 Å². The largest absolute Gasteiger partial charge is 0.366 e. The molecule has 0 bridgehead atoms. The van der Waals surface area contributed by atoms with Crippen molar-refractivity contribution in [3.8, 4) is 0 Å². The Hall–Kier alpha value is -2.31. The number of nitrogens with one attached hydrogen (secondary N) is 1. The van der Waals surface area contributed by atoms with E-state index in [-0.39, 0.29) is 6.61 Å². The lowest BCUT2D eigenvalue weighted by Gasteiger charge is -2.15. The Morgan fingerprint density at radius 2 is 1.96 bits per heavy atom. The average Bonchev–Trinajstić information content (AvgIpc) is 3.16. The zero-order valence-corrected chi connectivity index (χ0v) is 16.0. The average molecular weight is 368 g/mol. The molecule has 142 valence electrons. The molecule has 0 aliphatic carbocycles. The first-order valence-corrected chi connectivity index (χ1v) is 9.34. The van der Waals surface area contributed by atoms with Gasteiger partial charge in [0.25, 0.3) is 0 Å². The summed E-state index contributed by atoms with van der Waals surface area (Å²) in [7, 11) is 0. The van der Waals surface area contributed by atoms with Crippen LogP contribution >= 0.6 is 0 Å². The molecule has 1 aliphatic rings. The van der Waals surface area contributed by atoms with Crippen LogP contribution in [0.4, 0.5) is 4.39 Å². The molecule has 1 saturated heterocycles. The Balaban J connectivity index is 1.37. The van der Waals surface area contributed by atoms with E-state index in [0.29, 0.717) is 19.6 Å². The molecule has 5 nitrogen and oxygen atoms in total. The molecule has 4 rings (SSSR count). The Labute approximate surface area is 158 Å². The highest BCUT2D eigenvalue weighted by Crippen LogP contribution is 2.21. The second-order valence-electron chi connectivity index (χ2n) is 7.47. The fourth-order valence-corrected chi connectivity index (χ4v) is 3.59. The van der Waals surface area contributed by atoms with E-state index < -0.39 is 12.3 Å². The summed E-state index contributed by atoms with van der Waals surface area (Å²) in [5, 5.41) is 0. The maximum absolute atomic E-state index is 14.4. The second kappa shape index (κ2) is 7.37. The van der Waals surface area contributed by atoms with Crippen molar-refractivity contribution < 1.29 is 9.13 Å². The van der Waals surface area contributed by atoms with Crippen molar-refractivity contribution >= 4 is 11.0 Å². The molecule has 1 aromatic carbocycles. The van der Waals surface area contributed by atoms with E-state index >= 15 is 0 Å². The smallest absolute Gasteiger partial charge is 0.140 e. The lowest BCUT2D eigenvalue weighted by Crippen LogP contribution is -2.24. The van der Waals surface area contributed by atoms with Crippen molar-refractivity contribution in [3.63, 3.8) is 0 Å². The molecule has 2 aromatic heterocycles. The fourth-order valence-electron chi connectivity index (χ4n) is 3.59. The number of H-pyrrole nitrogens is 1. The van der Waals surface area contributed by atoms with Crippen LogP contribution in [0.25, 0.3) is 11.0 Å². The first-order valence-electron chi connectivity index (χ1n) is 9.34. The van der Waals surface area contributed by atoms with Crippen molar-refractivity contribution in [2.24, 2.45) is 0 Å². The summed E-state index contributed by atoms with van der Waals surface area (Å²) in [4.78, 5) is 14.4. The summed E-state index contributed by atoms with van der Waals surface area (Å²) in [6.45, 7) is 7.99. The molecule has 0 amide bonds. The van der Waals surface area contributed by atoms with E-state index in [1.807, 2.05) is 25.1 Å². The molecule has 6 heteroatoms. The number of hydrogen-bond acceptors (Lipinski definition) is 4. The van der Waals surface area contributed by atoms with Crippen LogP contribution in [0.15, 0.2) is 30.3 Å². The van der Waals surface area contributed by atoms with Crippen molar-refractivity contribution in [3.05, 3.63) is 58.7 Å². The number of alkyl halides is 1. The van der Waals surface area contributed by atoms with Gasteiger partial charge in [-0.15, -0.1) is 0 Å². The van der Waals surface area contributed by atoms with Crippen LogP contribution in [0.3, 0.4) is 0 Å². The predicted molar refractivity (Wildman–Crippen MR) is 103 cm³/mol. The minimum Gasteiger partial charge on any atom is -0.366 e. The monoisotopic (exact) mass is 368 g/mol. The molecular formula is C21H25FN4O. The first kappa shape index (κ1) is 18.1. The maximum atomic E-state index is 14.4. The molecule has 27 heavy (non-hydrogen) atoms. The lowest BCUT2D eigenvalue weighted by atomic mass is 10.1. The molecule has 3 heterocycles. The number of ether oxygens (including phenoxy) is 1. The first-order chi connectivity index (χ1) is 13.0. The molecule has 1 aliphatic heterocycles. The molecule has 0 radical (unpaired) electrons. The predicted octanol–water partition coefficient (Wildman–Crippen LogP) is 3.62. The lowest BCUT2D eigenvalue weighted by molar-refractivity contribution is 0.00861. The van der Waals surface area contributed by atoms with Gasteiger partial charge in [-0.2, -0.15) is 0 Å². The fraction of sp³-hybridized carbons (Fsp3) is 0.429. The molecule has 3 aromatic rings. The van der Waals surface area contributed by atoms with Crippen molar-refractivity contribution in [2.75, 3.05) is 13.1 Å². The number of aryl methyl sites for hydroxylation is 3. The molecule has 0 spiro atoms. The highest BCUT2D eigenvalue weighted by molar-refractivity contribution is 5.77. The van der Waals surface area contributed by atoms with Crippen LogP contribution in [-0.4, -0.2) is 45.2 Å². The van der Waals surface area contributed by atoms with Gasteiger partial charge in [0.05, 0.1) is 16.7 Å². The number of nitrogens with zero attached hydrogens (tertiary/aromatic N) is 3. The molecule has 1 N–H and O–H groups in total. The number of aromatic nitrogens is 3. The Morgan fingerprint density at radius 3 is 2.78 bits per heavy atom. The standard InChI is InChI=1S/C21H25FN4O/c1-13-7-18-19(8-14(13)2)25-21(24-18)12-27-20-11-26(10-17(20)22)9-16-6-4-5-15(3)23-16/h4-8,17,20H,9-12H2,1-3H3,(H,24,25). The SMILES string of the molecule is Cc1cccc(CN2CC(F)C(OCc3nc4cc(C)c(C)cc4[nH]3)C2)n1. The number of hydrogen-bond donors (Lipinski definition) is 1. The van der Waals surface area contributed by atoms with E-state index in [0.717, 1.165) is 28.2 Å². The second-order valence-corrected chi connectivity index (χ2v) is 7.47. The van der Waals surface area contributed by atoms with Gasteiger partial charge in [-0.1, -0.05) is 6.07 Å².